The van der Waals surface area contributed by atoms with Crippen LogP contribution in [0.25, 0.3) is 0 Å². The highest BCUT2D eigenvalue weighted by Gasteiger charge is 2.10. The molecule has 0 saturated carbocycles. The molecule has 0 spiro atoms. The van der Waals surface area contributed by atoms with Crippen LogP contribution in [-0.4, -0.2) is 129 Å². The smallest absolute Gasteiger partial charge is 0.0781 e. The topological polar surface area (TPSA) is 103 Å². The molecule has 0 amide bonds. The molecule has 0 aliphatic carbocycles. The molecule has 0 saturated heterocycles. The Labute approximate surface area is 257 Å². The molecule has 0 aliphatic rings. The lowest BCUT2D eigenvalue weighted by Crippen LogP contribution is -2.27. The van der Waals surface area contributed by atoms with Crippen molar-refractivity contribution in [2.45, 2.75) is 104 Å². The van der Waals surface area contributed by atoms with E-state index >= 15 is 0 Å². The van der Waals surface area contributed by atoms with Crippen molar-refractivity contribution >= 4 is 0 Å². The quantitative estimate of drug-likeness (QED) is 0.0993. The van der Waals surface area contributed by atoms with Crippen LogP contribution in [0.4, 0.5) is 0 Å². The van der Waals surface area contributed by atoms with Crippen LogP contribution in [0.3, 0.4) is 0 Å². The van der Waals surface area contributed by atoms with Gasteiger partial charge in [0.1, 0.15) is 0 Å². The summed E-state index contributed by atoms with van der Waals surface area (Å²) in [5.41, 5.74) is 0. The Hall–Kier alpha value is -0.400. The first-order chi connectivity index (χ1) is 20.6. The molecule has 0 radical (unpaired) electrons. The Morgan fingerprint density at radius 2 is 0.762 bits per heavy atom. The van der Waals surface area contributed by atoms with Crippen molar-refractivity contribution in [3.8, 4) is 0 Å². The first-order valence-corrected chi connectivity index (χ1v) is 16.5. The van der Waals surface area contributed by atoms with Crippen molar-refractivity contribution in [2.24, 2.45) is 0 Å². The summed E-state index contributed by atoms with van der Waals surface area (Å²) in [6.07, 6.45) is 12.0. The molecule has 0 rings (SSSR count). The second-order valence-electron chi connectivity index (χ2n) is 10.7. The van der Waals surface area contributed by atoms with E-state index in [0.717, 1.165) is 13.0 Å². The predicted molar refractivity (Wildman–Crippen MR) is 165 cm³/mol. The van der Waals surface area contributed by atoms with Gasteiger partial charge in [-0.1, -0.05) is 58.3 Å². The Morgan fingerprint density at radius 1 is 0.381 bits per heavy atom. The van der Waals surface area contributed by atoms with Gasteiger partial charge < -0.3 is 47.7 Å². The van der Waals surface area contributed by atoms with Gasteiger partial charge in [0.05, 0.1) is 117 Å². The lowest BCUT2D eigenvalue weighted by molar-refractivity contribution is -0.0854. The number of hydrogen-bond donors (Lipinski definition) is 1. The van der Waals surface area contributed by atoms with E-state index < -0.39 is 0 Å². The normalized spacial score (nSPS) is 13.9. The largest absolute Gasteiger partial charge is 0.394 e. The van der Waals surface area contributed by atoms with Crippen LogP contribution in [-0.2, 0) is 42.6 Å². The summed E-state index contributed by atoms with van der Waals surface area (Å²) < 4.78 is 50.2. The van der Waals surface area contributed by atoms with Crippen LogP contribution in [0.2, 0.25) is 0 Å². The fraction of sp³-hybridized carbons (Fsp3) is 1.00. The highest BCUT2D eigenvalue weighted by Crippen LogP contribution is 2.09. The molecule has 0 aromatic carbocycles. The van der Waals surface area contributed by atoms with Crippen LogP contribution in [0, 0.1) is 0 Å². The van der Waals surface area contributed by atoms with Gasteiger partial charge in [0.15, 0.2) is 0 Å². The molecule has 3 unspecified atom stereocenters. The van der Waals surface area contributed by atoms with E-state index in [4.69, 9.17) is 47.7 Å². The van der Waals surface area contributed by atoms with E-state index in [1.165, 1.54) is 51.4 Å². The molecule has 0 aliphatic heterocycles. The van der Waals surface area contributed by atoms with E-state index in [2.05, 4.69) is 6.92 Å². The maximum absolute atomic E-state index is 8.59. The fourth-order valence-corrected chi connectivity index (χ4v) is 3.86. The van der Waals surface area contributed by atoms with Gasteiger partial charge in [-0.3, -0.25) is 0 Å². The van der Waals surface area contributed by atoms with E-state index in [0.29, 0.717) is 92.5 Å². The first kappa shape index (κ1) is 41.6. The maximum Gasteiger partial charge on any atom is 0.0781 e. The summed E-state index contributed by atoms with van der Waals surface area (Å²) in [7, 11) is 0. The van der Waals surface area contributed by atoms with Gasteiger partial charge >= 0.3 is 0 Å². The Kier molecular flexibility index (Phi) is 34.7. The minimum absolute atomic E-state index is 0.00212. The summed E-state index contributed by atoms with van der Waals surface area (Å²) in [5, 5.41) is 8.59. The molecule has 254 valence electrons. The Bertz CT molecular complexity index is 500. The third-order valence-corrected chi connectivity index (χ3v) is 6.33. The molecule has 10 nitrogen and oxygen atoms in total. The monoisotopic (exact) mass is 610 g/mol. The number of hydrogen-bond acceptors (Lipinski definition) is 10. The van der Waals surface area contributed by atoms with Crippen LogP contribution >= 0.6 is 0 Å². The van der Waals surface area contributed by atoms with Crippen LogP contribution < -0.4 is 0 Å². The minimum Gasteiger partial charge on any atom is -0.394 e. The second kappa shape index (κ2) is 35.1. The molecule has 42 heavy (non-hydrogen) atoms. The van der Waals surface area contributed by atoms with Gasteiger partial charge in [-0.05, 0) is 27.2 Å². The zero-order valence-corrected chi connectivity index (χ0v) is 27.5. The van der Waals surface area contributed by atoms with Crippen molar-refractivity contribution in [2.75, 3.05) is 106 Å². The van der Waals surface area contributed by atoms with E-state index in [-0.39, 0.29) is 24.9 Å². The molecule has 0 aromatic rings. The molecular weight excluding hydrogens is 544 g/mol. The van der Waals surface area contributed by atoms with Crippen molar-refractivity contribution in [1.82, 2.24) is 0 Å². The van der Waals surface area contributed by atoms with Crippen LogP contribution in [0.15, 0.2) is 0 Å². The number of unbranched alkanes of at least 4 members (excludes halogenated alkanes) is 8. The van der Waals surface area contributed by atoms with Crippen molar-refractivity contribution in [3.63, 3.8) is 0 Å². The molecule has 3 atom stereocenters. The lowest BCUT2D eigenvalue weighted by atomic mass is 10.1. The average molecular weight is 611 g/mol. The molecule has 10 heteroatoms. The second-order valence-corrected chi connectivity index (χ2v) is 10.7. The third-order valence-electron chi connectivity index (χ3n) is 6.33. The Morgan fingerprint density at radius 3 is 1.24 bits per heavy atom. The zero-order valence-electron chi connectivity index (χ0n) is 27.5. The predicted octanol–water partition coefficient (Wildman–Crippen LogP) is 4.82. The van der Waals surface area contributed by atoms with E-state index in [1.807, 2.05) is 20.8 Å². The molecular formula is C32H66O10. The molecule has 0 heterocycles. The van der Waals surface area contributed by atoms with Gasteiger partial charge in [-0.25, -0.2) is 0 Å². The summed E-state index contributed by atoms with van der Waals surface area (Å²) in [6.45, 7) is 16.3. The van der Waals surface area contributed by atoms with Crippen LogP contribution in [0.5, 0.6) is 0 Å². The summed E-state index contributed by atoms with van der Waals surface area (Å²) in [4.78, 5) is 0. The van der Waals surface area contributed by atoms with Crippen molar-refractivity contribution < 1.29 is 47.7 Å². The van der Waals surface area contributed by atoms with E-state index in [1.54, 1.807) is 0 Å². The average Bonchev–Trinajstić information content (AvgIpc) is 2.99. The van der Waals surface area contributed by atoms with E-state index in [9.17, 15) is 0 Å². The molecule has 1 N–H and O–H groups in total. The summed E-state index contributed by atoms with van der Waals surface area (Å²) in [6, 6.07) is 0. The lowest BCUT2D eigenvalue weighted by Gasteiger charge is -2.20. The summed E-state index contributed by atoms with van der Waals surface area (Å²) >= 11 is 0. The number of aliphatic hydroxyl groups excluding tert-OH is 1. The van der Waals surface area contributed by atoms with Crippen molar-refractivity contribution in [1.29, 1.82) is 0 Å². The third kappa shape index (κ3) is 34.1. The highest BCUT2D eigenvalue weighted by atomic mass is 16.6. The van der Waals surface area contributed by atoms with Gasteiger partial charge in [-0.15, -0.1) is 0 Å². The highest BCUT2D eigenvalue weighted by molar-refractivity contribution is 4.56. The minimum atomic E-state index is -0.0152. The first-order valence-electron chi connectivity index (χ1n) is 16.5. The van der Waals surface area contributed by atoms with Crippen LogP contribution in [0.1, 0.15) is 85.5 Å². The van der Waals surface area contributed by atoms with Gasteiger partial charge in [0.2, 0.25) is 0 Å². The standard InChI is InChI=1S/C32H66O10/c1-5-6-7-8-9-10-11-12-13-15-39-27-30(2)41-29-32(4)42-28-31(3)40-26-25-38-24-23-37-22-21-36-20-19-35-18-17-34-16-14-33/h30-33H,5-29H2,1-4H3. The molecule has 0 bridgehead atoms. The van der Waals surface area contributed by atoms with Gasteiger partial charge in [0.25, 0.3) is 0 Å². The summed E-state index contributed by atoms with van der Waals surface area (Å²) in [5.74, 6) is 0. The number of aliphatic hydroxyl groups is 1. The molecule has 0 aromatic heterocycles. The van der Waals surface area contributed by atoms with Gasteiger partial charge in [-0.2, -0.15) is 0 Å². The Balaban J connectivity index is 3.36. The van der Waals surface area contributed by atoms with Gasteiger partial charge in [0, 0.05) is 6.61 Å². The maximum atomic E-state index is 8.59. The zero-order chi connectivity index (χ0) is 30.8. The van der Waals surface area contributed by atoms with Crippen molar-refractivity contribution in [3.05, 3.63) is 0 Å². The SMILES string of the molecule is CCCCCCCCCCCOCC(C)OCC(C)OCC(C)OCCOCCOCCOCCOCCOCCO. The number of ether oxygens (including phenoxy) is 9. The molecule has 0 fully saturated rings. The number of rotatable bonds is 36. The fourth-order valence-electron chi connectivity index (χ4n) is 3.86.